The summed E-state index contributed by atoms with van der Waals surface area (Å²) in [7, 11) is 3.03. The Labute approximate surface area is 218 Å². The van der Waals surface area contributed by atoms with Crippen molar-refractivity contribution in [3.05, 3.63) is 82.9 Å². The first-order valence-electron chi connectivity index (χ1n) is 12.2. The number of rotatable bonds is 5. The Morgan fingerprint density at radius 1 is 1.05 bits per heavy atom. The standard InChI is InChI=1S/C29H25N3O6/c1-36-22-12-9-17(15-23(22)37-2)25-24(26(33)18-10-11-21-16(14-18)6-5-13-38-21)27(34)28(35)32(25)29-30-19-7-3-4-8-20(19)31-29/h3-4,7-12,14-15,25,33H,5-6,13H2,1-2H3,(H,30,31)/b26-24+. The number of imidazole rings is 1. The van der Waals surface area contributed by atoms with E-state index in [2.05, 4.69) is 9.97 Å². The second-order valence-corrected chi connectivity index (χ2v) is 9.14. The molecule has 0 spiro atoms. The SMILES string of the molecule is COc1ccc(C2/C(=C(\O)c3ccc4c(c3)CCCO4)C(=O)C(=O)N2c2nc3ccccc3[nH]2)cc1OC. The number of hydrogen-bond donors (Lipinski definition) is 2. The summed E-state index contributed by atoms with van der Waals surface area (Å²) in [5.41, 5.74) is 3.23. The number of aliphatic hydroxyl groups is 1. The molecule has 192 valence electrons. The predicted octanol–water partition coefficient (Wildman–Crippen LogP) is 4.53. The van der Waals surface area contributed by atoms with Crippen molar-refractivity contribution in [3.63, 3.8) is 0 Å². The van der Waals surface area contributed by atoms with Crippen LogP contribution in [-0.4, -0.2) is 47.6 Å². The van der Waals surface area contributed by atoms with E-state index in [1.54, 1.807) is 30.3 Å². The highest BCUT2D eigenvalue weighted by Crippen LogP contribution is 2.44. The minimum Gasteiger partial charge on any atom is -0.507 e. The molecule has 9 heteroatoms. The summed E-state index contributed by atoms with van der Waals surface area (Å²) >= 11 is 0. The number of aromatic amines is 1. The van der Waals surface area contributed by atoms with Crippen molar-refractivity contribution in [1.29, 1.82) is 0 Å². The molecule has 0 bridgehead atoms. The number of amides is 1. The number of nitrogens with zero attached hydrogens (tertiary/aromatic N) is 2. The number of ketones is 1. The molecule has 3 aromatic carbocycles. The molecular weight excluding hydrogens is 486 g/mol. The fourth-order valence-corrected chi connectivity index (χ4v) is 5.11. The molecule has 1 amide bonds. The number of benzene rings is 3. The summed E-state index contributed by atoms with van der Waals surface area (Å²) < 4.78 is 16.6. The summed E-state index contributed by atoms with van der Waals surface area (Å²) in [4.78, 5) is 36.1. The maximum atomic E-state index is 13.5. The van der Waals surface area contributed by atoms with E-state index in [-0.39, 0.29) is 17.3 Å². The van der Waals surface area contributed by atoms with Crippen LogP contribution in [-0.2, 0) is 16.0 Å². The zero-order valence-corrected chi connectivity index (χ0v) is 20.9. The monoisotopic (exact) mass is 511 g/mol. The number of methoxy groups -OCH3 is 2. The highest BCUT2D eigenvalue weighted by atomic mass is 16.5. The molecule has 0 radical (unpaired) electrons. The fraction of sp³-hybridized carbons (Fsp3) is 0.207. The van der Waals surface area contributed by atoms with Crippen LogP contribution in [0.2, 0.25) is 0 Å². The molecule has 2 N–H and O–H groups in total. The summed E-state index contributed by atoms with van der Waals surface area (Å²) in [5, 5.41) is 11.5. The Kier molecular flexibility index (Phi) is 5.75. The molecule has 2 aliphatic heterocycles. The van der Waals surface area contributed by atoms with E-state index < -0.39 is 17.7 Å². The van der Waals surface area contributed by atoms with Crippen molar-refractivity contribution in [2.75, 3.05) is 25.7 Å². The number of ether oxygens (including phenoxy) is 3. The number of Topliss-reactive ketones (excluding diaryl/α,β-unsaturated/α-hetero) is 1. The van der Waals surface area contributed by atoms with Crippen LogP contribution in [0, 0.1) is 0 Å². The minimum atomic E-state index is -0.970. The van der Waals surface area contributed by atoms with E-state index in [0.717, 1.165) is 24.2 Å². The van der Waals surface area contributed by atoms with Crippen molar-refractivity contribution in [2.45, 2.75) is 18.9 Å². The molecule has 3 heterocycles. The molecule has 9 nitrogen and oxygen atoms in total. The van der Waals surface area contributed by atoms with Gasteiger partial charge in [-0.1, -0.05) is 18.2 Å². The number of aromatic nitrogens is 2. The van der Waals surface area contributed by atoms with Crippen LogP contribution < -0.4 is 19.1 Å². The number of fused-ring (bicyclic) bond motifs is 2. The molecule has 0 saturated carbocycles. The summed E-state index contributed by atoms with van der Waals surface area (Å²) in [5.74, 6) is -0.00536. The molecule has 4 aromatic rings. The van der Waals surface area contributed by atoms with Crippen LogP contribution in [0.15, 0.2) is 66.2 Å². The quantitative estimate of drug-likeness (QED) is 0.230. The predicted molar refractivity (Wildman–Crippen MR) is 141 cm³/mol. The Balaban J connectivity index is 1.56. The van der Waals surface area contributed by atoms with Gasteiger partial charge in [0.15, 0.2) is 11.5 Å². The Morgan fingerprint density at radius 3 is 2.66 bits per heavy atom. The van der Waals surface area contributed by atoms with Gasteiger partial charge in [-0.05, 0) is 66.4 Å². The van der Waals surface area contributed by atoms with Gasteiger partial charge in [-0.3, -0.25) is 14.5 Å². The third-order valence-corrected chi connectivity index (χ3v) is 6.95. The summed E-state index contributed by atoms with van der Waals surface area (Å²) in [6, 6.07) is 16.8. The van der Waals surface area contributed by atoms with E-state index >= 15 is 0 Å². The molecule has 1 atom stereocenters. The van der Waals surface area contributed by atoms with Crippen LogP contribution in [0.1, 0.15) is 29.2 Å². The van der Waals surface area contributed by atoms with Gasteiger partial charge in [-0.15, -0.1) is 0 Å². The molecule has 1 aromatic heterocycles. The van der Waals surface area contributed by atoms with Crippen molar-refractivity contribution < 1.29 is 28.9 Å². The first-order chi connectivity index (χ1) is 18.5. The summed E-state index contributed by atoms with van der Waals surface area (Å²) in [6.45, 7) is 0.639. The number of para-hydroxylation sites is 2. The molecule has 0 aliphatic carbocycles. The lowest BCUT2D eigenvalue weighted by atomic mass is 9.94. The van der Waals surface area contributed by atoms with Gasteiger partial charge >= 0.3 is 5.91 Å². The minimum absolute atomic E-state index is 0.0423. The first-order valence-corrected chi connectivity index (χ1v) is 12.2. The molecule has 2 aliphatic rings. The highest BCUT2D eigenvalue weighted by molar-refractivity contribution is 6.51. The van der Waals surface area contributed by atoms with E-state index in [1.807, 2.05) is 30.3 Å². The largest absolute Gasteiger partial charge is 0.507 e. The van der Waals surface area contributed by atoms with Crippen molar-refractivity contribution in [3.8, 4) is 17.2 Å². The van der Waals surface area contributed by atoms with Gasteiger partial charge in [-0.2, -0.15) is 0 Å². The van der Waals surface area contributed by atoms with Crippen LogP contribution in [0.4, 0.5) is 5.95 Å². The van der Waals surface area contributed by atoms with E-state index in [9.17, 15) is 14.7 Å². The molecule has 1 saturated heterocycles. The average molecular weight is 512 g/mol. The lowest BCUT2D eigenvalue weighted by molar-refractivity contribution is -0.132. The van der Waals surface area contributed by atoms with Crippen LogP contribution in [0.25, 0.3) is 16.8 Å². The van der Waals surface area contributed by atoms with Crippen LogP contribution >= 0.6 is 0 Å². The van der Waals surface area contributed by atoms with Gasteiger partial charge in [0.05, 0.1) is 43.5 Å². The number of H-pyrrole nitrogens is 1. The first kappa shape index (κ1) is 23.6. The second kappa shape index (κ2) is 9.26. The smallest absolute Gasteiger partial charge is 0.302 e. The Morgan fingerprint density at radius 2 is 1.87 bits per heavy atom. The fourth-order valence-electron chi connectivity index (χ4n) is 5.11. The topological polar surface area (TPSA) is 114 Å². The number of carbonyl (C=O) groups is 2. The number of aryl methyl sites for hydroxylation is 1. The lowest BCUT2D eigenvalue weighted by Crippen LogP contribution is -2.30. The number of anilines is 1. The number of aliphatic hydroxyl groups excluding tert-OH is 1. The zero-order chi connectivity index (χ0) is 26.4. The second-order valence-electron chi connectivity index (χ2n) is 9.14. The number of nitrogens with one attached hydrogen (secondary N) is 1. The average Bonchev–Trinajstić information content (AvgIpc) is 3.50. The maximum absolute atomic E-state index is 13.5. The van der Waals surface area contributed by atoms with Crippen molar-refractivity contribution >= 4 is 34.4 Å². The normalized spacial score (nSPS) is 18.4. The lowest BCUT2D eigenvalue weighted by Gasteiger charge is -2.24. The van der Waals surface area contributed by atoms with E-state index in [0.29, 0.717) is 40.3 Å². The van der Waals surface area contributed by atoms with Gasteiger partial charge in [0.2, 0.25) is 5.95 Å². The van der Waals surface area contributed by atoms with Crippen LogP contribution in [0.5, 0.6) is 17.2 Å². The zero-order valence-electron chi connectivity index (χ0n) is 20.9. The number of carbonyl (C=O) groups excluding carboxylic acids is 2. The van der Waals surface area contributed by atoms with Gasteiger partial charge in [0, 0.05) is 5.56 Å². The third kappa shape index (κ3) is 3.75. The molecule has 6 rings (SSSR count). The van der Waals surface area contributed by atoms with Crippen LogP contribution in [0.3, 0.4) is 0 Å². The third-order valence-electron chi connectivity index (χ3n) is 6.95. The van der Waals surface area contributed by atoms with Gasteiger partial charge in [0.1, 0.15) is 11.5 Å². The molecule has 1 fully saturated rings. The number of hydrogen-bond acceptors (Lipinski definition) is 7. The van der Waals surface area contributed by atoms with Crippen molar-refractivity contribution in [2.24, 2.45) is 0 Å². The van der Waals surface area contributed by atoms with Gasteiger partial charge in [-0.25, -0.2) is 4.98 Å². The molecule has 38 heavy (non-hydrogen) atoms. The summed E-state index contributed by atoms with van der Waals surface area (Å²) in [6.07, 6.45) is 1.65. The molecule has 1 unspecified atom stereocenters. The van der Waals surface area contributed by atoms with Gasteiger partial charge in [0.25, 0.3) is 5.78 Å². The highest BCUT2D eigenvalue weighted by Gasteiger charge is 2.48. The Hall–Kier alpha value is -4.79. The molecular formula is C29H25N3O6. The van der Waals surface area contributed by atoms with Crippen molar-refractivity contribution in [1.82, 2.24) is 9.97 Å². The van der Waals surface area contributed by atoms with E-state index in [4.69, 9.17) is 14.2 Å². The van der Waals surface area contributed by atoms with Gasteiger partial charge < -0.3 is 24.3 Å². The Bertz CT molecular complexity index is 1590. The van der Waals surface area contributed by atoms with E-state index in [1.165, 1.54) is 19.1 Å². The maximum Gasteiger partial charge on any atom is 0.302 e.